The minimum absolute atomic E-state index is 0.00153. The van der Waals surface area contributed by atoms with Crippen molar-refractivity contribution >= 4 is 0 Å². The summed E-state index contributed by atoms with van der Waals surface area (Å²) in [5.41, 5.74) is 2.99. The zero-order valence-electron chi connectivity index (χ0n) is 10.8. The Morgan fingerprint density at radius 3 is 2.32 bits per heavy atom. The first kappa shape index (κ1) is 13.9. The molecule has 102 valence electrons. The van der Waals surface area contributed by atoms with Gasteiger partial charge in [0, 0.05) is 38.3 Å². The molecule has 0 bridgehead atoms. The van der Waals surface area contributed by atoms with E-state index in [9.17, 15) is 8.78 Å². The number of likely N-dealkylation sites (N-methyl/N-ethyl adjacent to an activating group) is 1. The highest BCUT2D eigenvalue weighted by Gasteiger charge is 2.16. The predicted octanol–water partition coefficient (Wildman–Crippen LogP) is 1.09. The Kier molecular flexibility index (Phi) is 4.43. The number of rotatable bonds is 3. The van der Waals surface area contributed by atoms with Gasteiger partial charge in [-0.15, -0.1) is 0 Å². The van der Waals surface area contributed by atoms with Crippen molar-refractivity contribution < 1.29 is 8.78 Å². The number of hydrogen-bond acceptors (Lipinski definition) is 4. The Morgan fingerprint density at radius 1 is 1.21 bits per heavy atom. The fraction of sp³-hybridized carbons (Fsp3) is 0.462. The van der Waals surface area contributed by atoms with Crippen LogP contribution < -0.4 is 5.43 Å². The van der Waals surface area contributed by atoms with Gasteiger partial charge in [-0.05, 0) is 19.2 Å². The lowest BCUT2D eigenvalue weighted by molar-refractivity contribution is 0.101. The van der Waals surface area contributed by atoms with Crippen LogP contribution in [0.15, 0.2) is 12.1 Å². The van der Waals surface area contributed by atoms with Crippen LogP contribution in [-0.2, 0) is 6.54 Å². The lowest BCUT2D eigenvalue weighted by Crippen LogP contribution is -2.50. The third-order valence-electron chi connectivity index (χ3n) is 3.25. The first-order valence-corrected chi connectivity index (χ1v) is 6.15. The molecule has 1 aliphatic heterocycles. The molecule has 4 nitrogen and oxygen atoms in total. The minimum atomic E-state index is -0.682. The molecule has 0 saturated carbocycles. The van der Waals surface area contributed by atoms with Gasteiger partial charge in [0.15, 0.2) is 0 Å². The van der Waals surface area contributed by atoms with Crippen molar-refractivity contribution in [3.8, 4) is 6.07 Å². The molecule has 1 heterocycles. The summed E-state index contributed by atoms with van der Waals surface area (Å²) in [6, 6.07) is 3.85. The fourth-order valence-corrected chi connectivity index (χ4v) is 1.99. The summed E-state index contributed by atoms with van der Waals surface area (Å²) in [6.07, 6.45) is 0. The highest BCUT2D eigenvalue weighted by molar-refractivity contribution is 5.34. The summed E-state index contributed by atoms with van der Waals surface area (Å²) in [4.78, 5) is 2.20. The van der Waals surface area contributed by atoms with Gasteiger partial charge in [-0.3, -0.25) is 5.43 Å². The van der Waals surface area contributed by atoms with Gasteiger partial charge in [0.25, 0.3) is 0 Å². The third-order valence-corrected chi connectivity index (χ3v) is 3.25. The maximum absolute atomic E-state index is 13.7. The summed E-state index contributed by atoms with van der Waals surface area (Å²) in [5, 5.41) is 10.6. The van der Waals surface area contributed by atoms with Gasteiger partial charge in [0.05, 0.1) is 11.6 Å². The van der Waals surface area contributed by atoms with Crippen molar-refractivity contribution in [2.45, 2.75) is 6.54 Å². The fourth-order valence-electron chi connectivity index (χ4n) is 1.99. The van der Waals surface area contributed by atoms with Crippen molar-refractivity contribution in [2.24, 2.45) is 0 Å². The first-order chi connectivity index (χ1) is 9.10. The van der Waals surface area contributed by atoms with E-state index < -0.39 is 11.6 Å². The van der Waals surface area contributed by atoms with E-state index in [4.69, 9.17) is 5.26 Å². The normalized spacial score (nSPS) is 17.4. The van der Waals surface area contributed by atoms with E-state index in [0.29, 0.717) is 0 Å². The highest BCUT2D eigenvalue weighted by atomic mass is 19.1. The van der Waals surface area contributed by atoms with Crippen LogP contribution in [0.4, 0.5) is 8.78 Å². The molecule has 1 aliphatic rings. The van der Waals surface area contributed by atoms with Crippen molar-refractivity contribution in [1.29, 1.82) is 5.26 Å². The first-order valence-electron chi connectivity index (χ1n) is 6.15. The second-order valence-corrected chi connectivity index (χ2v) is 4.66. The molecule has 0 unspecified atom stereocenters. The van der Waals surface area contributed by atoms with Crippen LogP contribution in [-0.4, -0.2) is 43.1 Å². The van der Waals surface area contributed by atoms with Gasteiger partial charge < -0.3 is 4.90 Å². The van der Waals surface area contributed by atoms with E-state index in [-0.39, 0.29) is 17.7 Å². The van der Waals surface area contributed by atoms with Crippen LogP contribution in [0, 0.1) is 23.0 Å². The SMILES string of the molecule is CN1CCN(NCc2c(F)cc(C#N)cc2F)CC1. The Morgan fingerprint density at radius 2 is 1.79 bits per heavy atom. The Hall–Kier alpha value is -1.55. The van der Waals surface area contributed by atoms with Crippen molar-refractivity contribution in [3.05, 3.63) is 34.9 Å². The summed E-state index contributed by atoms with van der Waals surface area (Å²) in [7, 11) is 2.04. The number of piperazine rings is 1. The Bertz CT molecular complexity index is 467. The molecular formula is C13H16F2N4. The van der Waals surface area contributed by atoms with Gasteiger partial charge in [-0.1, -0.05) is 0 Å². The van der Waals surface area contributed by atoms with Crippen LogP contribution >= 0.6 is 0 Å². The van der Waals surface area contributed by atoms with Crippen LogP contribution in [0.3, 0.4) is 0 Å². The standard InChI is InChI=1S/C13H16F2N4/c1-18-2-4-19(5-3-18)17-9-11-12(14)6-10(8-16)7-13(11)15/h6-7,17H,2-5,9H2,1H3. The molecule has 0 aliphatic carbocycles. The molecule has 0 atom stereocenters. The molecule has 1 fully saturated rings. The van der Waals surface area contributed by atoms with Gasteiger partial charge in [0.1, 0.15) is 11.6 Å². The molecule has 0 spiro atoms. The molecule has 19 heavy (non-hydrogen) atoms. The molecule has 1 saturated heterocycles. The van der Waals surface area contributed by atoms with Gasteiger partial charge in [-0.25, -0.2) is 13.8 Å². The quantitative estimate of drug-likeness (QED) is 0.889. The number of nitrogens with zero attached hydrogens (tertiary/aromatic N) is 3. The van der Waals surface area contributed by atoms with Gasteiger partial charge in [0.2, 0.25) is 0 Å². The summed E-state index contributed by atoms with van der Waals surface area (Å²) < 4.78 is 27.3. The van der Waals surface area contributed by atoms with E-state index in [1.807, 2.05) is 12.1 Å². The molecular weight excluding hydrogens is 250 g/mol. The van der Waals surface area contributed by atoms with Crippen molar-refractivity contribution in [2.75, 3.05) is 33.2 Å². The van der Waals surface area contributed by atoms with Crippen molar-refractivity contribution in [1.82, 2.24) is 15.3 Å². The van der Waals surface area contributed by atoms with Crippen molar-refractivity contribution in [3.63, 3.8) is 0 Å². The Labute approximate surface area is 111 Å². The summed E-state index contributed by atoms with van der Waals surface area (Å²) in [6.45, 7) is 3.57. The topological polar surface area (TPSA) is 42.3 Å². The maximum Gasteiger partial charge on any atom is 0.131 e. The molecule has 0 amide bonds. The largest absolute Gasteiger partial charge is 0.304 e. The number of benzene rings is 1. The Balaban J connectivity index is 1.98. The molecule has 0 radical (unpaired) electrons. The van der Waals surface area contributed by atoms with E-state index in [0.717, 1.165) is 38.3 Å². The number of hydrogen-bond donors (Lipinski definition) is 1. The number of hydrazine groups is 1. The molecule has 1 N–H and O–H groups in total. The zero-order valence-corrected chi connectivity index (χ0v) is 10.8. The van der Waals surface area contributed by atoms with Gasteiger partial charge >= 0.3 is 0 Å². The van der Waals surface area contributed by atoms with E-state index in [1.54, 1.807) is 6.07 Å². The number of nitriles is 1. The van der Waals surface area contributed by atoms with E-state index in [1.165, 1.54) is 0 Å². The molecule has 6 heteroatoms. The lowest BCUT2D eigenvalue weighted by Gasteiger charge is -2.32. The maximum atomic E-state index is 13.7. The molecule has 2 rings (SSSR count). The molecule has 0 aromatic heterocycles. The van der Waals surface area contributed by atoms with Crippen LogP contribution in [0.25, 0.3) is 0 Å². The second kappa shape index (κ2) is 6.06. The predicted molar refractivity (Wildman–Crippen MR) is 67.0 cm³/mol. The smallest absolute Gasteiger partial charge is 0.131 e. The minimum Gasteiger partial charge on any atom is -0.304 e. The molecule has 1 aromatic rings. The average molecular weight is 266 g/mol. The molecule has 1 aromatic carbocycles. The second-order valence-electron chi connectivity index (χ2n) is 4.66. The summed E-state index contributed by atoms with van der Waals surface area (Å²) >= 11 is 0. The third kappa shape index (κ3) is 3.47. The zero-order chi connectivity index (χ0) is 13.8. The van der Waals surface area contributed by atoms with Crippen LogP contribution in [0.5, 0.6) is 0 Å². The van der Waals surface area contributed by atoms with E-state index >= 15 is 0 Å². The monoisotopic (exact) mass is 266 g/mol. The average Bonchev–Trinajstić information content (AvgIpc) is 2.39. The lowest BCUT2D eigenvalue weighted by atomic mass is 10.1. The highest BCUT2D eigenvalue weighted by Crippen LogP contribution is 2.15. The summed E-state index contributed by atoms with van der Waals surface area (Å²) in [5.74, 6) is -1.36. The van der Waals surface area contributed by atoms with Crippen LogP contribution in [0.2, 0.25) is 0 Å². The van der Waals surface area contributed by atoms with Gasteiger partial charge in [-0.2, -0.15) is 5.26 Å². The number of nitrogens with one attached hydrogen (secondary N) is 1. The van der Waals surface area contributed by atoms with E-state index in [2.05, 4.69) is 10.3 Å². The van der Waals surface area contributed by atoms with Crippen LogP contribution in [0.1, 0.15) is 11.1 Å². The number of halogens is 2.